The van der Waals surface area contributed by atoms with Crippen LogP contribution < -0.4 is 0 Å². The van der Waals surface area contributed by atoms with Gasteiger partial charge in [0, 0.05) is 16.6 Å². The molecule has 0 aliphatic carbocycles. The summed E-state index contributed by atoms with van der Waals surface area (Å²) in [6.45, 7) is 7.93. The molecular weight excluding hydrogens is 234 g/mol. The fourth-order valence-corrected chi connectivity index (χ4v) is 2.93. The summed E-state index contributed by atoms with van der Waals surface area (Å²) in [6, 6.07) is 9.13. The van der Waals surface area contributed by atoms with E-state index in [0.29, 0.717) is 0 Å². The molecule has 0 radical (unpaired) electrons. The van der Waals surface area contributed by atoms with E-state index in [1.165, 1.54) is 0 Å². The summed E-state index contributed by atoms with van der Waals surface area (Å²) in [5.74, 6) is 0. The first-order valence-corrected chi connectivity index (χ1v) is 6.55. The number of nitro groups is 1. The van der Waals surface area contributed by atoms with Gasteiger partial charge in [0.1, 0.15) is 0 Å². The molecular formula is C13H19NO2S. The van der Waals surface area contributed by atoms with Crippen LogP contribution in [-0.4, -0.2) is 15.7 Å². The van der Waals surface area contributed by atoms with Crippen LogP contribution in [0.15, 0.2) is 30.3 Å². The summed E-state index contributed by atoms with van der Waals surface area (Å²) >= 11 is 1.65. The molecule has 0 bridgehead atoms. The molecule has 0 saturated heterocycles. The first kappa shape index (κ1) is 14.0. The second-order valence-corrected chi connectivity index (χ2v) is 7.06. The third-order valence-electron chi connectivity index (χ3n) is 2.38. The molecule has 1 aromatic carbocycles. The van der Waals surface area contributed by atoms with Crippen LogP contribution in [0.25, 0.3) is 0 Å². The molecule has 1 aromatic rings. The average molecular weight is 253 g/mol. The Hall–Kier alpha value is -1.03. The molecule has 0 aromatic heterocycles. The molecule has 0 aliphatic heterocycles. The lowest BCUT2D eigenvalue weighted by molar-refractivity contribution is -0.518. The maximum absolute atomic E-state index is 11.0. The molecule has 0 unspecified atom stereocenters. The normalized spacial score (nSPS) is 15.3. The van der Waals surface area contributed by atoms with Crippen molar-refractivity contribution < 1.29 is 4.92 Å². The van der Waals surface area contributed by atoms with Crippen molar-refractivity contribution in [1.82, 2.24) is 0 Å². The van der Waals surface area contributed by atoms with E-state index >= 15 is 0 Å². The highest BCUT2D eigenvalue weighted by Gasteiger charge is 2.32. The van der Waals surface area contributed by atoms with Crippen LogP contribution in [0, 0.1) is 10.1 Å². The molecule has 3 nitrogen and oxygen atoms in total. The highest BCUT2D eigenvalue weighted by atomic mass is 32.2. The van der Waals surface area contributed by atoms with Crippen LogP contribution in [0.2, 0.25) is 0 Å². The van der Waals surface area contributed by atoms with Crippen molar-refractivity contribution in [3.8, 4) is 0 Å². The predicted octanol–water partition coefficient (Wildman–Crippen LogP) is 3.92. The summed E-state index contributed by atoms with van der Waals surface area (Å²) in [5.41, 5.74) is 1.02. The van der Waals surface area contributed by atoms with Crippen molar-refractivity contribution in [1.29, 1.82) is 0 Å². The molecule has 94 valence electrons. The number of hydrogen-bond donors (Lipinski definition) is 0. The Bertz CT molecular complexity index is 373. The summed E-state index contributed by atoms with van der Waals surface area (Å²) < 4.78 is 0.00474. The summed E-state index contributed by atoms with van der Waals surface area (Å²) in [4.78, 5) is 10.8. The molecule has 0 amide bonds. The van der Waals surface area contributed by atoms with Gasteiger partial charge in [-0.1, -0.05) is 51.1 Å². The number of rotatable bonds is 4. The lowest BCUT2D eigenvalue weighted by Crippen LogP contribution is -2.25. The Morgan fingerprint density at radius 1 is 1.24 bits per heavy atom. The number of thioether (sulfide) groups is 1. The van der Waals surface area contributed by atoms with Gasteiger partial charge in [0.15, 0.2) is 0 Å². The molecule has 0 fully saturated rings. The van der Waals surface area contributed by atoms with E-state index in [0.717, 1.165) is 5.56 Å². The van der Waals surface area contributed by atoms with E-state index in [9.17, 15) is 10.1 Å². The third kappa shape index (κ3) is 4.38. The molecule has 0 spiro atoms. The summed E-state index contributed by atoms with van der Waals surface area (Å²) in [5, 5.41) is 10.9. The zero-order chi connectivity index (χ0) is 13.1. The second kappa shape index (κ2) is 5.54. The Morgan fingerprint density at radius 3 is 2.18 bits per heavy atom. The largest absolute Gasteiger partial charge is 0.264 e. The Kier molecular flexibility index (Phi) is 4.57. The van der Waals surface area contributed by atoms with Gasteiger partial charge in [-0.05, 0) is 5.56 Å². The number of benzene rings is 1. The van der Waals surface area contributed by atoms with Crippen molar-refractivity contribution in [3.63, 3.8) is 0 Å². The zero-order valence-electron chi connectivity index (χ0n) is 10.7. The molecule has 4 heteroatoms. The SMILES string of the molecule is C[C@@H]([C@H](SC(C)(C)C)c1ccccc1)[N+](=O)[O-]. The minimum atomic E-state index is -0.582. The lowest BCUT2D eigenvalue weighted by Gasteiger charge is -2.26. The molecule has 0 aliphatic rings. The van der Waals surface area contributed by atoms with Gasteiger partial charge in [-0.25, -0.2) is 0 Å². The van der Waals surface area contributed by atoms with Gasteiger partial charge in [-0.3, -0.25) is 10.1 Å². The van der Waals surface area contributed by atoms with Crippen molar-refractivity contribution in [3.05, 3.63) is 46.0 Å². The third-order valence-corrected chi connectivity index (χ3v) is 4.01. The van der Waals surface area contributed by atoms with Crippen molar-refractivity contribution in [2.75, 3.05) is 0 Å². The molecule has 0 saturated carbocycles. The van der Waals surface area contributed by atoms with Crippen molar-refractivity contribution >= 4 is 11.8 Å². The summed E-state index contributed by atoms with van der Waals surface area (Å²) in [6.07, 6.45) is 0. The van der Waals surface area contributed by atoms with E-state index in [4.69, 9.17) is 0 Å². The molecule has 2 atom stereocenters. The monoisotopic (exact) mass is 253 g/mol. The van der Waals surface area contributed by atoms with E-state index in [-0.39, 0.29) is 14.9 Å². The highest BCUT2D eigenvalue weighted by molar-refractivity contribution is 8.00. The van der Waals surface area contributed by atoms with E-state index in [1.54, 1.807) is 18.7 Å². The zero-order valence-corrected chi connectivity index (χ0v) is 11.5. The van der Waals surface area contributed by atoms with Gasteiger partial charge < -0.3 is 0 Å². The van der Waals surface area contributed by atoms with Crippen LogP contribution in [0.3, 0.4) is 0 Å². The highest BCUT2D eigenvalue weighted by Crippen LogP contribution is 2.41. The topological polar surface area (TPSA) is 43.1 Å². The molecule has 0 N–H and O–H groups in total. The summed E-state index contributed by atoms with van der Waals surface area (Å²) in [7, 11) is 0. The maximum Gasteiger partial charge on any atom is 0.226 e. The van der Waals surface area contributed by atoms with E-state index < -0.39 is 6.04 Å². The van der Waals surface area contributed by atoms with Crippen LogP contribution >= 0.6 is 11.8 Å². The molecule has 0 heterocycles. The molecule has 1 rings (SSSR count). The minimum Gasteiger partial charge on any atom is -0.264 e. The second-order valence-electron chi connectivity index (χ2n) is 5.09. The van der Waals surface area contributed by atoms with Gasteiger partial charge in [0.25, 0.3) is 0 Å². The van der Waals surface area contributed by atoms with Crippen molar-refractivity contribution in [2.45, 2.75) is 43.7 Å². The predicted molar refractivity (Wildman–Crippen MR) is 73.0 cm³/mol. The standard InChI is InChI=1S/C13H19NO2S/c1-10(14(15)16)12(17-13(2,3)4)11-8-6-5-7-9-11/h5-10,12H,1-4H3/t10-,12-/m0/s1. The Balaban J connectivity index is 2.99. The number of hydrogen-bond acceptors (Lipinski definition) is 3. The quantitative estimate of drug-likeness (QED) is 0.603. The van der Waals surface area contributed by atoms with E-state index in [1.807, 2.05) is 30.3 Å². The first-order chi connectivity index (χ1) is 7.81. The Labute approximate surface area is 107 Å². The van der Waals surface area contributed by atoms with E-state index in [2.05, 4.69) is 20.8 Å². The average Bonchev–Trinajstić information content (AvgIpc) is 2.25. The first-order valence-electron chi connectivity index (χ1n) is 5.67. The fourth-order valence-electron chi connectivity index (χ4n) is 1.58. The number of nitrogens with zero attached hydrogens (tertiary/aromatic N) is 1. The van der Waals surface area contributed by atoms with Crippen LogP contribution in [0.5, 0.6) is 0 Å². The van der Waals surface area contributed by atoms with Crippen LogP contribution in [0.4, 0.5) is 0 Å². The lowest BCUT2D eigenvalue weighted by atomic mass is 10.1. The van der Waals surface area contributed by atoms with Crippen LogP contribution in [-0.2, 0) is 0 Å². The smallest absolute Gasteiger partial charge is 0.226 e. The van der Waals surface area contributed by atoms with Gasteiger partial charge in [-0.2, -0.15) is 0 Å². The van der Waals surface area contributed by atoms with Gasteiger partial charge in [0.2, 0.25) is 6.04 Å². The van der Waals surface area contributed by atoms with Gasteiger partial charge in [-0.15, -0.1) is 11.8 Å². The van der Waals surface area contributed by atoms with Crippen molar-refractivity contribution in [2.24, 2.45) is 0 Å². The minimum absolute atomic E-state index is 0.00474. The fraction of sp³-hybridized carbons (Fsp3) is 0.538. The maximum atomic E-state index is 11.0. The van der Waals surface area contributed by atoms with Crippen LogP contribution in [0.1, 0.15) is 38.5 Å². The molecule has 17 heavy (non-hydrogen) atoms. The van der Waals surface area contributed by atoms with Gasteiger partial charge >= 0.3 is 0 Å². The Morgan fingerprint density at radius 2 is 1.76 bits per heavy atom. The van der Waals surface area contributed by atoms with Gasteiger partial charge in [0.05, 0.1) is 5.25 Å².